The molecule has 0 aromatic carbocycles. The van der Waals surface area contributed by atoms with Crippen LogP contribution in [-0.4, -0.2) is 17.8 Å². The quantitative estimate of drug-likeness (QED) is 0.766. The van der Waals surface area contributed by atoms with Crippen molar-refractivity contribution in [2.75, 3.05) is 11.9 Å². The van der Waals surface area contributed by atoms with Crippen LogP contribution in [0.25, 0.3) is 0 Å². The highest BCUT2D eigenvalue weighted by Crippen LogP contribution is 2.32. The van der Waals surface area contributed by atoms with Crippen molar-refractivity contribution in [2.45, 2.75) is 57.8 Å². The van der Waals surface area contributed by atoms with Crippen molar-refractivity contribution in [1.82, 2.24) is 5.32 Å². The van der Waals surface area contributed by atoms with Gasteiger partial charge >= 0.3 is 0 Å². The van der Waals surface area contributed by atoms with Crippen LogP contribution in [0.3, 0.4) is 0 Å². The number of carbonyl (C=O) groups is 1. The molecule has 2 nitrogen and oxygen atoms in total. The smallest absolute Gasteiger partial charge is 0.220 e. The molecule has 0 spiro atoms. The molecule has 2 fully saturated rings. The fraction of sp³-hybridized carbons (Fsp3) is 0.933. The number of nitrogens with one attached hydrogen (secondary N) is 1. The monoisotopic (exact) mass is 315 g/mol. The third kappa shape index (κ3) is 4.25. The lowest BCUT2D eigenvalue weighted by atomic mass is 9.87. The van der Waals surface area contributed by atoms with E-state index in [1.807, 2.05) is 0 Å². The van der Waals surface area contributed by atoms with Gasteiger partial charge in [0.25, 0.3) is 0 Å². The van der Waals surface area contributed by atoms with Crippen molar-refractivity contribution >= 4 is 21.8 Å². The van der Waals surface area contributed by atoms with Crippen molar-refractivity contribution < 1.29 is 4.79 Å². The zero-order chi connectivity index (χ0) is 12.8. The Morgan fingerprint density at radius 1 is 1.00 bits per heavy atom. The first-order valence-electron chi connectivity index (χ1n) is 7.62. The number of amides is 1. The van der Waals surface area contributed by atoms with Crippen LogP contribution < -0.4 is 5.32 Å². The zero-order valence-corrected chi connectivity index (χ0v) is 12.9. The Kier molecular flexibility index (Phi) is 6.00. The molecule has 2 rings (SSSR count). The summed E-state index contributed by atoms with van der Waals surface area (Å²) < 4.78 is 0. The molecule has 0 aromatic heterocycles. The maximum Gasteiger partial charge on any atom is 0.220 e. The summed E-state index contributed by atoms with van der Waals surface area (Å²) >= 11 is 3.59. The van der Waals surface area contributed by atoms with E-state index in [4.69, 9.17) is 0 Å². The van der Waals surface area contributed by atoms with E-state index in [2.05, 4.69) is 21.2 Å². The maximum atomic E-state index is 11.9. The molecule has 104 valence electrons. The minimum Gasteiger partial charge on any atom is -0.356 e. The third-order valence-corrected chi connectivity index (χ3v) is 5.61. The van der Waals surface area contributed by atoms with Crippen molar-refractivity contribution in [3.63, 3.8) is 0 Å². The second-order valence-corrected chi connectivity index (χ2v) is 6.77. The zero-order valence-electron chi connectivity index (χ0n) is 11.3. The highest BCUT2D eigenvalue weighted by Gasteiger charge is 2.26. The summed E-state index contributed by atoms with van der Waals surface area (Å²) in [6.45, 7) is 0.905. The van der Waals surface area contributed by atoms with E-state index in [0.717, 1.165) is 24.2 Å². The third-order valence-electron chi connectivity index (χ3n) is 4.77. The molecular weight excluding hydrogens is 290 g/mol. The Morgan fingerprint density at radius 2 is 1.72 bits per heavy atom. The fourth-order valence-corrected chi connectivity index (χ4v) is 4.41. The van der Waals surface area contributed by atoms with Gasteiger partial charge in [0, 0.05) is 18.3 Å². The first-order chi connectivity index (χ1) is 8.79. The van der Waals surface area contributed by atoms with Crippen LogP contribution in [0.5, 0.6) is 0 Å². The molecule has 0 aliphatic heterocycles. The summed E-state index contributed by atoms with van der Waals surface area (Å²) in [5.41, 5.74) is 0. The van der Waals surface area contributed by atoms with Crippen LogP contribution in [0.1, 0.15) is 57.8 Å². The lowest BCUT2D eigenvalue weighted by Crippen LogP contribution is -2.32. The molecule has 0 heterocycles. The number of halogens is 1. The molecule has 2 aliphatic rings. The van der Waals surface area contributed by atoms with Crippen LogP contribution in [0.2, 0.25) is 0 Å². The molecule has 0 radical (unpaired) electrons. The van der Waals surface area contributed by atoms with Gasteiger partial charge in [-0.3, -0.25) is 4.79 Å². The Morgan fingerprint density at radius 3 is 2.44 bits per heavy atom. The molecule has 1 N–H and O–H groups in total. The predicted molar refractivity (Wildman–Crippen MR) is 78.8 cm³/mol. The van der Waals surface area contributed by atoms with Gasteiger partial charge in [-0.1, -0.05) is 41.6 Å². The van der Waals surface area contributed by atoms with E-state index < -0.39 is 0 Å². The average molecular weight is 316 g/mol. The number of rotatable bonds is 5. The van der Waals surface area contributed by atoms with Crippen molar-refractivity contribution in [1.29, 1.82) is 0 Å². The summed E-state index contributed by atoms with van der Waals surface area (Å²) in [6, 6.07) is 0. The Bertz CT molecular complexity index is 263. The van der Waals surface area contributed by atoms with Crippen LogP contribution >= 0.6 is 15.9 Å². The normalized spacial score (nSPS) is 29.4. The van der Waals surface area contributed by atoms with E-state index in [9.17, 15) is 4.79 Å². The average Bonchev–Trinajstić information content (AvgIpc) is 2.85. The van der Waals surface area contributed by atoms with Gasteiger partial charge in [-0.25, -0.2) is 0 Å². The van der Waals surface area contributed by atoms with E-state index >= 15 is 0 Å². The highest BCUT2D eigenvalue weighted by atomic mass is 79.9. The number of alkyl halides is 1. The Labute approximate surface area is 119 Å². The standard InChI is InChI=1S/C15H26BrNO/c16-10-13-7-4-8-14(13)11-17-15(18)9-12-5-2-1-3-6-12/h12-14H,1-11H2,(H,17,18). The van der Waals surface area contributed by atoms with Gasteiger partial charge < -0.3 is 5.32 Å². The van der Waals surface area contributed by atoms with Crippen LogP contribution in [0.15, 0.2) is 0 Å². The molecule has 3 heteroatoms. The maximum absolute atomic E-state index is 11.9. The van der Waals surface area contributed by atoms with E-state index in [1.54, 1.807) is 0 Å². The summed E-state index contributed by atoms with van der Waals surface area (Å²) in [4.78, 5) is 11.9. The summed E-state index contributed by atoms with van der Waals surface area (Å²) in [6.07, 6.45) is 11.3. The topological polar surface area (TPSA) is 29.1 Å². The minimum atomic E-state index is 0.294. The van der Waals surface area contributed by atoms with Crippen LogP contribution in [0, 0.1) is 17.8 Å². The van der Waals surface area contributed by atoms with Gasteiger partial charge in [0.15, 0.2) is 0 Å². The Balaban J connectivity index is 1.64. The number of carbonyl (C=O) groups excluding carboxylic acids is 1. The van der Waals surface area contributed by atoms with Gasteiger partial charge in [0.2, 0.25) is 5.91 Å². The molecule has 2 saturated carbocycles. The van der Waals surface area contributed by atoms with Crippen molar-refractivity contribution in [3.05, 3.63) is 0 Å². The van der Waals surface area contributed by atoms with Gasteiger partial charge in [-0.15, -0.1) is 0 Å². The minimum absolute atomic E-state index is 0.294. The summed E-state index contributed by atoms with van der Waals surface area (Å²) in [7, 11) is 0. The van der Waals surface area contributed by atoms with Crippen LogP contribution in [0.4, 0.5) is 0 Å². The van der Waals surface area contributed by atoms with Crippen molar-refractivity contribution in [3.8, 4) is 0 Å². The second kappa shape index (κ2) is 7.52. The van der Waals surface area contributed by atoms with E-state index in [0.29, 0.717) is 17.7 Å². The molecule has 1 amide bonds. The van der Waals surface area contributed by atoms with Gasteiger partial charge in [-0.2, -0.15) is 0 Å². The van der Waals surface area contributed by atoms with E-state index in [-0.39, 0.29) is 0 Å². The molecule has 2 aliphatic carbocycles. The number of hydrogen-bond acceptors (Lipinski definition) is 1. The molecule has 2 atom stereocenters. The lowest BCUT2D eigenvalue weighted by Gasteiger charge is -2.22. The first-order valence-corrected chi connectivity index (χ1v) is 8.74. The molecule has 0 bridgehead atoms. The van der Waals surface area contributed by atoms with E-state index in [1.165, 1.54) is 51.4 Å². The second-order valence-electron chi connectivity index (χ2n) is 6.12. The fourth-order valence-electron chi connectivity index (χ4n) is 3.56. The molecule has 0 aromatic rings. The first kappa shape index (κ1) is 14.4. The molecule has 0 saturated heterocycles. The molecule has 2 unspecified atom stereocenters. The van der Waals surface area contributed by atoms with Crippen molar-refractivity contribution in [2.24, 2.45) is 17.8 Å². The molecular formula is C15H26BrNO. The Hall–Kier alpha value is -0.0500. The predicted octanol–water partition coefficient (Wildman–Crippen LogP) is 3.88. The largest absolute Gasteiger partial charge is 0.356 e. The van der Waals surface area contributed by atoms with Crippen LogP contribution in [-0.2, 0) is 4.79 Å². The SMILES string of the molecule is O=C(CC1CCCCC1)NCC1CCCC1CBr. The highest BCUT2D eigenvalue weighted by molar-refractivity contribution is 9.09. The van der Waals surface area contributed by atoms with Gasteiger partial charge in [0.1, 0.15) is 0 Å². The summed E-state index contributed by atoms with van der Waals surface area (Å²) in [5, 5.41) is 4.27. The summed E-state index contributed by atoms with van der Waals surface area (Å²) in [5.74, 6) is 2.44. The van der Waals surface area contributed by atoms with Gasteiger partial charge in [-0.05, 0) is 43.4 Å². The lowest BCUT2D eigenvalue weighted by molar-refractivity contribution is -0.122. The van der Waals surface area contributed by atoms with Gasteiger partial charge in [0.05, 0.1) is 0 Å². The number of hydrogen-bond donors (Lipinski definition) is 1. The molecule has 18 heavy (non-hydrogen) atoms.